The third-order valence-corrected chi connectivity index (χ3v) is 6.72. The molecule has 0 saturated carbocycles. The normalized spacial score (nSPS) is 14.3. The van der Waals surface area contributed by atoms with Gasteiger partial charge in [-0.1, -0.05) is 72.5 Å². The Hall–Kier alpha value is -4.27. The Morgan fingerprint density at radius 2 is 1.56 bits per heavy atom. The number of quaternary nitrogens is 1. The number of anilines is 1. The zero-order valence-corrected chi connectivity index (χ0v) is 22.0. The van der Waals surface area contributed by atoms with Gasteiger partial charge in [0.2, 0.25) is 0 Å². The first-order valence-corrected chi connectivity index (χ1v) is 13.0. The van der Waals surface area contributed by atoms with Gasteiger partial charge in [-0.05, 0) is 29.7 Å². The highest BCUT2D eigenvalue weighted by atomic mass is 16.5. The number of piperazine rings is 1. The summed E-state index contributed by atoms with van der Waals surface area (Å²) in [6.45, 7) is 4.89. The second-order valence-electron chi connectivity index (χ2n) is 9.36. The maximum Gasteiger partial charge on any atom is 0.335 e. The van der Waals surface area contributed by atoms with E-state index in [2.05, 4.69) is 29.2 Å². The number of carboxylic acid groups (broad SMARTS) is 1. The number of carbonyl (C=O) groups is 1. The molecule has 8 heteroatoms. The third-order valence-electron chi connectivity index (χ3n) is 6.72. The molecular formula is C31H34N2O6. The Bertz CT molecular complexity index is 1360. The Labute approximate surface area is 228 Å². The van der Waals surface area contributed by atoms with Crippen LogP contribution in [0.1, 0.15) is 10.4 Å². The van der Waals surface area contributed by atoms with Crippen LogP contribution in [0.2, 0.25) is 0 Å². The molecule has 1 atom stereocenters. The lowest BCUT2D eigenvalue weighted by Gasteiger charge is -2.35. The summed E-state index contributed by atoms with van der Waals surface area (Å²) in [6.07, 6.45) is -0.484. The minimum absolute atomic E-state index is 0.178. The van der Waals surface area contributed by atoms with Crippen LogP contribution in [0.5, 0.6) is 17.2 Å². The van der Waals surface area contributed by atoms with E-state index in [-0.39, 0.29) is 5.56 Å². The molecule has 3 N–H and O–H groups in total. The molecule has 0 bridgehead atoms. The van der Waals surface area contributed by atoms with Crippen LogP contribution in [0.15, 0.2) is 91.0 Å². The second kappa shape index (κ2) is 13.5. The number of rotatable bonds is 8. The number of fused-ring (bicyclic) bond motifs is 1. The SMILES string of the molecule is COc1ccccc1N1CC[NH+](C[C@@H](O)COc2cccc3ccccc23)CC1.O=C(O)c1ccccc1[O-]. The maximum absolute atomic E-state index is 10.7. The van der Waals surface area contributed by atoms with Gasteiger partial charge in [-0.2, -0.15) is 0 Å². The summed E-state index contributed by atoms with van der Waals surface area (Å²) in [5.74, 6) is 0.123. The minimum Gasteiger partial charge on any atom is -0.872 e. The first kappa shape index (κ1) is 27.8. The molecule has 0 amide bonds. The van der Waals surface area contributed by atoms with Gasteiger partial charge in [0.25, 0.3) is 0 Å². The summed E-state index contributed by atoms with van der Waals surface area (Å²) < 4.78 is 11.4. The highest BCUT2D eigenvalue weighted by molar-refractivity contribution is 5.90. The van der Waals surface area contributed by atoms with Crippen LogP contribution in [0.25, 0.3) is 10.8 Å². The van der Waals surface area contributed by atoms with Crippen LogP contribution in [-0.4, -0.2) is 68.7 Å². The van der Waals surface area contributed by atoms with Gasteiger partial charge in [-0.3, -0.25) is 0 Å². The predicted molar refractivity (Wildman–Crippen MR) is 149 cm³/mol. The number of ether oxygens (including phenoxy) is 2. The van der Waals surface area contributed by atoms with Crippen molar-refractivity contribution in [3.05, 3.63) is 96.6 Å². The van der Waals surface area contributed by atoms with Crippen LogP contribution in [-0.2, 0) is 0 Å². The smallest absolute Gasteiger partial charge is 0.335 e. The fourth-order valence-electron chi connectivity index (χ4n) is 4.70. The molecule has 1 aliphatic rings. The fraction of sp³-hybridized carbons (Fsp3) is 0.258. The van der Waals surface area contributed by atoms with E-state index in [0.29, 0.717) is 13.2 Å². The number of para-hydroxylation sites is 3. The van der Waals surface area contributed by atoms with Crippen molar-refractivity contribution in [1.29, 1.82) is 0 Å². The van der Waals surface area contributed by atoms with E-state index in [4.69, 9.17) is 14.6 Å². The standard InChI is InChI=1S/C24H28N2O3.C7H6O3/c1-28-24-11-5-4-10-22(24)26-15-13-25(14-16-26)17-20(27)18-29-23-12-6-8-19-7-2-3-9-21(19)23;8-6-4-2-1-3-5(6)7(9)10/h2-12,20,27H,13-18H2,1H3;1-4,8H,(H,9,10)/t20-;/m1./s1. The van der Waals surface area contributed by atoms with Crippen LogP contribution in [0.3, 0.4) is 0 Å². The number of carboxylic acids is 1. The van der Waals surface area contributed by atoms with Crippen LogP contribution < -0.4 is 24.4 Å². The van der Waals surface area contributed by atoms with Crippen molar-refractivity contribution in [2.75, 3.05) is 51.3 Å². The predicted octanol–water partition coefficient (Wildman–Crippen LogP) is 2.45. The van der Waals surface area contributed by atoms with Gasteiger partial charge in [-0.25, -0.2) is 4.79 Å². The lowest BCUT2D eigenvalue weighted by molar-refractivity contribution is -0.903. The fourth-order valence-corrected chi connectivity index (χ4v) is 4.70. The van der Waals surface area contributed by atoms with Crippen molar-refractivity contribution in [3.63, 3.8) is 0 Å². The Balaban J connectivity index is 0.000000298. The van der Waals surface area contributed by atoms with Gasteiger partial charge in [0, 0.05) is 5.39 Å². The highest BCUT2D eigenvalue weighted by Crippen LogP contribution is 2.27. The average molecular weight is 531 g/mol. The molecule has 1 fully saturated rings. The lowest BCUT2D eigenvalue weighted by atomic mass is 10.1. The zero-order valence-electron chi connectivity index (χ0n) is 22.0. The van der Waals surface area contributed by atoms with E-state index in [9.17, 15) is 15.0 Å². The molecule has 0 unspecified atom stereocenters. The Morgan fingerprint density at radius 1 is 0.923 bits per heavy atom. The molecule has 0 aromatic heterocycles. The molecule has 1 saturated heterocycles. The monoisotopic (exact) mass is 530 g/mol. The number of methoxy groups -OCH3 is 1. The van der Waals surface area contributed by atoms with Crippen molar-refractivity contribution in [2.24, 2.45) is 0 Å². The molecule has 5 rings (SSSR count). The number of aromatic carboxylic acids is 1. The Morgan fingerprint density at radius 3 is 2.28 bits per heavy atom. The van der Waals surface area contributed by atoms with Crippen molar-refractivity contribution < 1.29 is 34.5 Å². The van der Waals surface area contributed by atoms with Gasteiger partial charge in [0.15, 0.2) is 0 Å². The van der Waals surface area contributed by atoms with Gasteiger partial charge < -0.3 is 34.6 Å². The summed E-state index contributed by atoms with van der Waals surface area (Å²) in [4.78, 5) is 14.0. The number of aliphatic hydroxyl groups excluding tert-OH is 1. The molecule has 204 valence electrons. The largest absolute Gasteiger partial charge is 0.872 e. The van der Waals surface area contributed by atoms with E-state index in [0.717, 1.165) is 54.1 Å². The van der Waals surface area contributed by atoms with Crippen molar-refractivity contribution in [2.45, 2.75) is 6.10 Å². The lowest BCUT2D eigenvalue weighted by Crippen LogP contribution is -3.16. The van der Waals surface area contributed by atoms with Crippen molar-refractivity contribution >= 4 is 22.4 Å². The number of hydrogen-bond acceptors (Lipinski definition) is 6. The summed E-state index contributed by atoms with van der Waals surface area (Å²) in [5, 5.41) is 31.8. The number of hydrogen-bond donors (Lipinski definition) is 3. The summed E-state index contributed by atoms with van der Waals surface area (Å²) in [5.41, 5.74) is 0.969. The van der Waals surface area contributed by atoms with Gasteiger partial charge in [0.05, 0.1) is 44.5 Å². The maximum atomic E-state index is 10.7. The number of nitrogens with zero attached hydrogens (tertiary/aromatic N) is 1. The molecule has 0 aliphatic carbocycles. The molecule has 4 aromatic rings. The molecule has 8 nitrogen and oxygen atoms in total. The van der Waals surface area contributed by atoms with Gasteiger partial charge in [0.1, 0.15) is 30.8 Å². The molecule has 0 radical (unpaired) electrons. The third kappa shape index (κ3) is 7.40. The molecule has 1 aliphatic heterocycles. The molecule has 0 spiro atoms. The van der Waals surface area contributed by atoms with E-state index in [1.165, 1.54) is 29.2 Å². The van der Waals surface area contributed by atoms with E-state index >= 15 is 0 Å². The first-order valence-electron chi connectivity index (χ1n) is 13.0. The average Bonchev–Trinajstić information content (AvgIpc) is 2.97. The van der Waals surface area contributed by atoms with E-state index in [1.54, 1.807) is 7.11 Å². The van der Waals surface area contributed by atoms with Gasteiger partial charge >= 0.3 is 5.97 Å². The zero-order chi connectivity index (χ0) is 27.6. The van der Waals surface area contributed by atoms with E-state index in [1.807, 2.05) is 42.5 Å². The number of benzene rings is 4. The summed E-state index contributed by atoms with van der Waals surface area (Å²) in [7, 11) is 1.71. The Kier molecular flexibility index (Phi) is 9.61. The molecule has 4 aromatic carbocycles. The number of nitrogens with one attached hydrogen (secondary N) is 1. The topological polar surface area (TPSA) is 107 Å². The quantitative estimate of drug-likeness (QED) is 0.321. The van der Waals surface area contributed by atoms with Crippen LogP contribution in [0.4, 0.5) is 5.69 Å². The molecule has 1 heterocycles. The molecular weight excluding hydrogens is 496 g/mol. The second-order valence-corrected chi connectivity index (χ2v) is 9.36. The summed E-state index contributed by atoms with van der Waals surface area (Å²) in [6, 6.07) is 27.9. The van der Waals surface area contributed by atoms with Crippen LogP contribution >= 0.6 is 0 Å². The van der Waals surface area contributed by atoms with Crippen molar-refractivity contribution in [1.82, 2.24) is 0 Å². The van der Waals surface area contributed by atoms with Gasteiger partial charge in [-0.15, -0.1) is 0 Å². The van der Waals surface area contributed by atoms with Crippen LogP contribution in [0, 0.1) is 0 Å². The van der Waals surface area contributed by atoms with E-state index < -0.39 is 17.8 Å². The first-order chi connectivity index (χ1) is 19.0. The molecule has 39 heavy (non-hydrogen) atoms. The minimum atomic E-state index is -1.18. The number of aliphatic hydroxyl groups is 1. The van der Waals surface area contributed by atoms with Crippen molar-refractivity contribution in [3.8, 4) is 17.2 Å². The summed E-state index contributed by atoms with van der Waals surface area (Å²) >= 11 is 0. The highest BCUT2D eigenvalue weighted by Gasteiger charge is 2.24.